The van der Waals surface area contributed by atoms with Gasteiger partial charge in [-0.2, -0.15) is 5.26 Å². The molecule has 0 unspecified atom stereocenters. The van der Waals surface area contributed by atoms with Crippen LogP contribution in [-0.2, 0) is 11.3 Å². The van der Waals surface area contributed by atoms with Gasteiger partial charge in [-0.25, -0.2) is 0 Å². The van der Waals surface area contributed by atoms with E-state index in [0.29, 0.717) is 28.7 Å². The van der Waals surface area contributed by atoms with Gasteiger partial charge in [-0.3, -0.25) is 4.79 Å². The molecule has 0 aromatic heterocycles. The van der Waals surface area contributed by atoms with E-state index in [1.165, 1.54) is 13.2 Å². The lowest BCUT2D eigenvalue weighted by molar-refractivity contribution is -0.116. The van der Waals surface area contributed by atoms with Crippen molar-refractivity contribution in [1.82, 2.24) is 5.32 Å². The van der Waals surface area contributed by atoms with Crippen LogP contribution in [0.3, 0.4) is 0 Å². The standard InChI is InChI=1S/C22H24N2O6/c1-26-18-13-21(29-4)20(28-3)12-16(18)14-24-22(25)8-6-15-5-7-17(30-10-9-23)19(11-15)27-2/h5-8,11-13H,10,14H2,1-4H3,(H,24,25)/b8-6+. The summed E-state index contributed by atoms with van der Waals surface area (Å²) in [6.07, 6.45) is 3.07. The van der Waals surface area contributed by atoms with Crippen LogP contribution in [0.25, 0.3) is 6.08 Å². The molecule has 2 aromatic carbocycles. The third kappa shape index (κ3) is 5.82. The van der Waals surface area contributed by atoms with E-state index >= 15 is 0 Å². The molecule has 0 heterocycles. The molecule has 8 heteroatoms. The molecule has 0 saturated carbocycles. The molecular formula is C22H24N2O6. The molecule has 2 aromatic rings. The highest BCUT2D eigenvalue weighted by molar-refractivity contribution is 5.91. The van der Waals surface area contributed by atoms with Crippen LogP contribution in [0.1, 0.15) is 11.1 Å². The Morgan fingerprint density at radius 3 is 2.20 bits per heavy atom. The number of hydrogen-bond acceptors (Lipinski definition) is 7. The van der Waals surface area contributed by atoms with Crippen molar-refractivity contribution in [3.05, 3.63) is 47.5 Å². The number of carbonyl (C=O) groups is 1. The fraction of sp³-hybridized carbons (Fsp3) is 0.273. The van der Waals surface area contributed by atoms with Crippen molar-refractivity contribution in [2.75, 3.05) is 35.0 Å². The van der Waals surface area contributed by atoms with Crippen molar-refractivity contribution >= 4 is 12.0 Å². The topological polar surface area (TPSA) is 99.0 Å². The average Bonchev–Trinajstić information content (AvgIpc) is 2.79. The molecule has 0 aliphatic carbocycles. The zero-order valence-corrected chi connectivity index (χ0v) is 17.4. The Balaban J connectivity index is 2.06. The summed E-state index contributed by atoms with van der Waals surface area (Å²) < 4.78 is 26.5. The minimum Gasteiger partial charge on any atom is -0.496 e. The largest absolute Gasteiger partial charge is 0.496 e. The van der Waals surface area contributed by atoms with Crippen molar-refractivity contribution in [1.29, 1.82) is 5.26 Å². The summed E-state index contributed by atoms with van der Waals surface area (Å²) in [6.45, 7) is 0.171. The van der Waals surface area contributed by atoms with Crippen molar-refractivity contribution in [3.63, 3.8) is 0 Å². The van der Waals surface area contributed by atoms with Crippen LogP contribution in [0.5, 0.6) is 28.7 Å². The number of benzene rings is 2. The molecule has 158 valence electrons. The van der Waals surface area contributed by atoms with Crippen LogP contribution in [0.4, 0.5) is 0 Å². The lowest BCUT2D eigenvalue weighted by atomic mass is 10.1. The van der Waals surface area contributed by atoms with Gasteiger partial charge in [0.25, 0.3) is 0 Å². The molecule has 0 aliphatic heterocycles. The van der Waals surface area contributed by atoms with Gasteiger partial charge in [0.2, 0.25) is 5.91 Å². The fourth-order valence-corrected chi connectivity index (χ4v) is 2.66. The molecule has 0 spiro atoms. The van der Waals surface area contributed by atoms with Crippen LogP contribution in [0.15, 0.2) is 36.4 Å². The molecule has 0 aliphatic rings. The number of nitrogens with one attached hydrogen (secondary N) is 1. The van der Waals surface area contributed by atoms with Crippen molar-refractivity contribution in [3.8, 4) is 34.8 Å². The smallest absolute Gasteiger partial charge is 0.244 e. The summed E-state index contributed by atoms with van der Waals surface area (Å²) in [6, 6.07) is 10.5. The third-order valence-electron chi connectivity index (χ3n) is 4.15. The highest BCUT2D eigenvalue weighted by Crippen LogP contribution is 2.34. The predicted molar refractivity (Wildman–Crippen MR) is 111 cm³/mol. The van der Waals surface area contributed by atoms with Gasteiger partial charge in [0.15, 0.2) is 29.6 Å². The Labute approximate surface area is 175 Å². The molecular weight excluding hydrogens is 388 g/mol. The van der Waals surface area contributed by atoms with Crippen molar-refractivity contribution in [2.45, 2.75) is 6.54 Å². The molecule has 0 atom stereocenters. The highest BCUT2D eigenvalue weighted by atomic mass is 16.5. The van der Waals surface area contributed by atoms with Crippen LogP contribution >= 0.6 is 0 Å². The number of ether oxygens (including phenoxy) is 5. The zero-order chi connectivity index (χ0) is 21.9. The maximum absolute atomic E-state index is 12.2. The van der Waals surface area contributed by atoms with Gasteiger partial charge in [-0.15, -0.1) is 0 Å². The van der Waals surface area contributed by atoms with Gasteiger partial charge in [-0.1, -0.05) is 6.07 Å². The minimum absolute atomic E-state index is 0.0758. The number of nitrogens with zero attached hydrogens (tertiary/aromatic N) is 1. The Kier molecular flexibility index (Phi) is 8.39. The Morgan fingerprint density at radius 1 is 0.933 bits per heavy atom. The normalized spacial score (nSPS) is 10.2. The number of rotatable bonds is 10. The second-order valence-corrected chi connectivity index (χ2v) is 5.93. The molecule has 30 heavy (non-hydrogen) atoms. The van der Waals surface area contributed by atoms with E-state index in [-0.39, 0.29) is 19.1 Å². The van der Waals surface area contributed by atoms with E-state index in [9.17, 15) is 4.79 Å². The summed E-state index contributed by atoms with van der Waals surface area (Å²) in [5, 5.41) is 11.4. The molecule has 0 fully saturated rings. The number of hydrogen-bond donors (Lipinski definition) is 1. The fourth-order valence-electron chi connectivity index (χ4n) is 2.66. The van der Waals surface area contributed by atoms with Crippen LogP contribution in [0.2, 0.25) is 0 Å². The molecule has 1 N–H and O–H groups in total. The second-order valence-electron chi connectivity index (χ2n) is 5.93. The SMILES string of the molecule is COc1cc(OC)c(OC)cc1CNC(=O)/C=C/c1ccc(OCC#N)c(OC)c1. The van der Waals surface area contributed by atoms with Crippen LogP contribution < -0.4 is 29.0 Å². The van der Waals surface area contributed by atoms with Gasteiger partial charge in [0.05, 0.1) is 28.4 Å². The van der Waals surface area contributed by atoms with E-state index in [4.69, 9.17) is 28.9 Å². The minimum atomic E-state index is -0.282. The highest BCUT2D eigenvalue weighted by Gasteiger charge is 2.12. The first-order chi connectivity index (χ1) is 14.6. The van der Waals surface area contributed by atoms with Gasteiger partial charge in [0.1, 0.15) is 11.8 Å². The predicted octanol–water partition coefficient (Wildman–Crippen LogP) is 2.95. The van der Waals surface area contributed by atoms with Crippen molar-refractivity contribution in [2.24, 2.45) is 0 Å². The summed E-state index contributed by atoms with van der Waals surface area (Å²) in [5.41, 5.74) is 1.49. The lowest BCUT2D eigenvalue weighted by Crippen LogP contribution is -2.20. The van der Waals surface area contributed by atoms with Gasteiger partial charge in [-0.05, 0) is 29.8 Å². The summed E-state index contributed by atoms with van der Waals surface area (Å²) in [5.74, 6) is 2.32. The summed E-state index contributed by atoms with van der Waals surface area (Å²) in [4.78, 5) is 12.2. The second kappa shape index (κ2) is 11.2. The monoisotopic (exact) mass is 412 g/mol. The van der Waals surface area contributed by atoms with Gasteiger partial charge >= 0.3 is 0 Å². The Morgan fingerprint density at radius 2 is 1.57 bits per heavy atom. The third-order valence-corrected chi connectivity index (χ3v) is 4.15. The molecule has 2 rings (SSSR count). The van der Waals surface area contributed by atoms with Crippen LogP contribution in [-0.4, -0.2) is 41.0 Å². The molecule has 8 nitrogen and oxygen atoms in total. The Bertz CT molecular complexity index is 949. The number of nitriles is 1. The number of methoxy groups -OCH3 is 4. The van der Waals surface area contributed by atoms with E-state index < -0.39 is 0 Å². The van der Waals surface area contributed by atoms with E-state index in [2.05, 4.69) is 5.32 Å². The summed E-state index contributed by atoms with van der Waals surface area (Å²) in [7, 11) is 6.14. The first-order valence-electron chi connectivity index (χ1n) is 8.98. The maximum atomic E-state index is 12.2. The summed E-state index contributed by atoms with van der Waals surface area (Å²) >= 11 is 0. The average molecular weight is 412 g/mol. The lowest BCUT2D eigenvalue weighted by Gasteiger charge is -2.14. The molecule has 1 amide bonds. The molecule has 0 bridgehead atoms. The van der Waals surface area contributed by atoms with Gasteiger partial charge < -0.3 is 29.0 Å². The van der Waals surface area contributed by atoms with E-state index in [0.717, 1.165) is 11.1 Å². The van der Waals surface area contributed by atoms with Gasteiger partial charge in [0, 0.05) is 24.3 Å². The molecule has 0 saturated heterocycles. The first kappa shape index (κ1) is 22.4. The van der Waals surface area contributed by atoms with Crippen molar-refractivity contribution < 1.29 is 28.5 Å². The number of amides is 1. The van der Waals surface area contributed by atoms with E-state index in [1.54, 1.807) is 57.7 Å². The van der Waals surface area contributed by atoms with Crippen LogP contribution in [0, 0.1) is 11.3 Å². The maximum Gasteiger partial charge on any atom is 0.244 e. The Hall–Kier alpha value is -3.86. The van der Waals surface area contributed by atoms with E-state index in [1.807, 2.05) is 6.07 Å². The zero-order valence-electron chi connectivity index (χ0n) is 17.4. The molecule has 0 radical (unpaired) electrons. The quantitative estimate of drug-likeness (QED) is 0.599. The number of carbonyl (C=O) groups excluding carboxylic acids is 1. The first-order valence-corrected chi connectivity index (χ1v) is 8.98.